The third kappa shape index (κ3) is 7.87. The molecule has 1 aromatic carbocycles. The second-order valence-electron chi connectivity index (χ2n) is 7.02. The molecule has 3 nitrogen and oxygen atoms in total. The molecule has 136 valence electrons. The molecule has 0 aliphatic rings. The lowest BCUT2D eigenvalue weighted by Gasteiger charge is -2.24. The average Bonchev–Trinajstić information content (AvgIpc) is 2.46. The molecule has 0 saturated carbocycles. The number of aryl methyl sites for hydroxylation is 2. The number of carboxylic acids is 1. The number of benzene rings is 1. The summed E-state index contributed by atoms with van der Waals surface area (Å²) in [5.74, 6) is 1.03. The van der Waals surface area contributed by atoms with E-state index in [1.807, 2.05) is 6.92 Å². The molecule has 1 aromatic rings. The Labute approximate surface area is 155 Å². The largest absolute Gasteiger partial charge is 0.481 e. The van der Waals surface area contributed by atoms with Gasteiger partial charge >= 0.3 is 5.97 Å². The van der Waals surface area contributed by atoms with Gasteiger partial charge in [0.1, 0.15) is 0 Å². The van der Waals surface area contributed by atoms with Crippen LogP contribution in [0.25, 0.3) is 0 Å². The Hall–Kier alpha value is -0.770. The first-order valence-electron chi connectivity index (χ1n) is 8.48. The Morgan fingerprint density at radius 2 is 1.88 bits per heavy atom. The molecule has 0 aliphatic carbocycles. The minimum atomic E-state index is -0.862. The molecule has 0 aromatic heterocycles. The lowest BCUT2D eigenvalue weighted by molar-refractivity contribution is -0.138. The van der Waals surface area contributed by atoms with E-state index in [9.17, 15) is 4.79 Å². The predicted octanol–water partition coefficient (Wildman–Crippen LogP) is 4.54. The van der Waals surface area contributed by atoms with Gasteiger partial charge in [0, 0.05) is 17.3 Å². The van der Waals surface area contributed by atoms with Crippen LogP contribution in [0, 0.1) is 12.8 Å². The highest BCUT2D eigenvalue weighted by molar-refractivity contribution is 6.18. The van der Waals surface area contributed by atoms with E-state index in [2.05, 4.69) is 18.2 Å². The van der Waals surface area contributed by atoms with E-state index in [0.717, 1.165) is 36.8 Å². The van der Waals surface area contributed by atoms with Crippen LogP contribution in [-0.2, 0) is 17.6 Å². The van der Waals surface area contributed by atoms with E-state index in [1.165, 1.54) is 5.56 Å². The molecule has 0 unspecified atom stereocenters. The van der Waals surface area contributed by atoms with Gasteiger partial charge in [-0.25, -0.2) is 0 Å². The first-order chi connectivity index (χ1) is 11.3. The normalized spacial score (nSPS) is 13.9. The maximum Gasteiger partial charge on any atom is 0.305 e. The summed E-state index contributed by atoms with van der Waals surface area (Å²) in [6, 6.07) is 6.41. The Morgan fingerprint density at radius 3 is 2.42 bits per heavy atom. The van der Waals surface area contributed by atoms with E-state index in [0.29, 0.717) is 24.1 Å². The van der Waals surface area contributed by atoms with Crippen molar-refractivity contribution >= 4 is 29.2 Å². The monoisotopic (exact) mass is 373 g/mol. The highest BCUT2D eigenvalue weighted by Crippen LogP contribution is 2.22. The summed E-state index contributed by atoms with van der Waals surface area (Å²) in [4.78, 5) is 11.0. The van der Waals surface area contributed by atoms with Crippen molar-refractivity contribution in [3.63, 3.8) is 0 Å². The molecule has 0 bridgehead atoms. The molecule has 0 spiro atoms. The fraction of sp³-hybridized carbons (Fsp3) is 0.632. The molecule has 3 N–H and O–H groups in total. The van der Waals surface area contributed by atoms with Gasteiger partial charge in [0.15, 0.2) is 0 Å². The SMILES string of the molecule is Cc1ccc(CCC(CCCl)CCCl)cc1C[C@](C)(N)CC(=O)O. The Morgan fingerprint density at radius 1 is 1.25 bits per heavy atom. The second-order valence-corrected chi connectivity index (χ2v) is 7.78. The fourth-order valence-electron chi connectivity index (χ4n) is 3.03. The van der Waals surface area contributed by atoms with E-state index in [1.54, 1.807) is 6.92 Å². The van der Waals surface area contributed by atoms with Gasteiger partial charge in [-0.05, 0) is 68.6 Å². The second kappa shape index (κ2) is 10.3. The summed E-state index contributed by atoms with van der Waals surface area (Å²) >= 11 is 11.7. The number of halogens is 2. The van der Waals surface area contributed by atoms with E-state index in [-0.39, 0.29) is 6.42 Å². The number of alkyl halides is 2. The van der Waals surface area contributed by atoms with Crippen molar-refractivity contribution in [3.8, 4) is 0 Å². The Kier molecular flexibility index (Phi) is 9.11. The zero-order valence-corrected chi connectivity index (χ0v) is 16.2. The fourth-order valence-corrected chi connectivity index (χ4v) is 3.64. The van der Waals surface area contributed by atoms with Gasteiger partial charge in [-0.2, -0.15) is 0 Å². The number of carboxylic acid groups (broad SMARTS) is 1. The van der Waals surface area contributed by atoms with Gasteiger partial charge < -0.3 is 10.8 Å². The lowest BCUT2D eigenvalue weighted by atomic mass is 9.87. The minimum Gasteiger partial charge on any atom is -0.481 e. The van der Waals surface area contributed by atoms with E-state index in [4.69, 9.17) is 34.0 Å². The number of hydrogen-bond acceptors (Lipinski definition) is 2. The lowest BCUT2D eigenvalue weighted by Crippen LogP contribution is -2.41. The molecule has 0 saturated heterocycles. The molecular weight excluding hydrogens is 345 g/mol. The van der Waals surface area contributed by atoms with Crippen LogP contribution >= 0.6 is 23.2 Å². The van der Waals surface area contributed by atoms with Gasteiger partial charge in [0.05, 0.1) is 6.42 Å². The maximum atomic E-state index is 11.0. The van der Waals surface area contributed by atoms with Crippen LogP contribution in [0.15, 0.2) is 18.2 Å². The molecular formula is C19H29Cl2NO2. The van der Waals surface area contributed by atoms with Crippen molar-refractivity contribution in [2.24, 2.45) is 11.7 Å². The quantitative estimate of drug-likeness (QED) is 0.559. The van der Waals surface area contributed by atoms with Crippen LogP contribution in [0.5, 0.6) is 0 Å². The summed E-state index contributed by atoms with van der Waals surface area (Å²) in [5.41, 5.74) is 8.96. The van der Waals surface area contributed by atoms with Gasteiger partial charge in [0.25, 0.3) is 0 Å². The number of hydrogen-bond donors (Lipinski definition) is 2. The van der Waals surface area contributed by atoms with Crippen LogP contribution in [0.1, 0.15) is 49.3 Å². The van der Waals surface area contributed by atoms with Crippen LogP contribution in [0.4, 0.5) is 0 Å². The zero-order chi connectivity index (χ0) is 18.2. The molecule has 24 heavy (non-hydrogen) atoms. The average molecular weight is 374 g/mol. The molecule has 0 radical (unpaired) electrons. The molecule has 1 rings (SSSR count). The molecule has 1 atom stereocenters. The van der Waals surface area contributed by atoms with Crippen molar-refractivity contribution in [1.29, 1.82) is 0 Å². The third-order valence-electron chi connectivity index (χ3n) is 4.44. The highest BCUT2D eigenvalue weighted by atomic mass is 35.5. The summed E-state index contributed by atoms with van der Waals surface area (Å²) < 4.78 is 0. The van der Waals surface area contributed by atoms with Crippen LogP contribution in [0.2, 0.25) is 0 Å². The van der Waals surface area contributed by atoms with E-state index >= 15 is 0 Å². The number of carbonyl (C=O) groups is 1. The van der Waals surface area contributed by atoms with Crippen LogP contribution < -0.4 is 5.73 Å². The molecule has 0 heterocycles. The van der Waals surface area contributed by atoms with Crippen molar-refractivity contribution in [3.05, 3.63) is 34.9 Å². The zero-order valence-electron chi connectivity index (χ0n) is 14.7. The first-order valence-corrected chi connectivity index (χ1v) is 9.55. The van der Waals surface area contributed by atoms with Gasteiger partial charge in [-0.3, -0.25) is 4.79 Å². The maximum absolute atomic E-state index is 11.0. The topological polar surface area (TPSA) is 63.3 Å². The van der Waals surface area contributed by atoms with E-state index < -0.39 is 11.5 Å². The van der Waals surface area contributed by atoms with Crippen molar-refractivity contribution < 1.29 is 9.90 Å². The van der Waals surface area contributed by atoms with Crippen molar-refractivity contribution in [2.75, 3.05) is 11.8 Å². The summed E-state index contributed by atoms with van der Waals surface area (Å²) in [6.07, 6.45) is 4.55. The predicted molar refractivity (Wildman–Crippen MR) is 102 cm³/mol. The molecule has 0 amide bonds. The summed E-state index contributed by atoms with van der Waals surface area (Å²) in [6.45, 7) is 3.84. The van der Waals surface area contributed by atoms with Crippen molar-refractivity contribution in [1.82, 2.24) is 0 Å². The van der Waals surface area contributed by atoms with Crippen molar-refractivity contribution in [2.45, 2.75) is 57.9 Å². The smallest absolute Gasteiger partial charge is 0.305 e. The summed E-state index contributed by atoms with van der Waals surface area (Å²) in [7, 11) is 0. The third-order valence-corrected chi connectivity index (χ3v) is 4.88. The van der Waals surface area contributed by atoms with Gasteiger partial charge in [-0.15, -0.1) is 23.2 Å². The van der Waals surface area contributed by atoms with Crippen LogP contribution in [-0.4, -0.2) is 28.4 Å². The Bertz CT molecular complexity index is 526. The number of aliphatic carboxylic acids is 1. The Balaban J connectivity index is 2.76. The van der Waals surface area contributed by atoms with Gasteiger partial charge in [0.2, 0.25) is 0 Å². The standard InChI is InChI=1S/C19H29Cl2NO2/c1-14-3-4-16(6-5-15(7-9-20)8-10-21)11-17(14)12-19(2,22)13-18(23)24/h3-4,11,15H,5-10,12-13,22H2,1-2H3,(H,23,24)/t19-/m0/s1. The van der Waals surface area contributed by atoms with Crippen LogP contribution in [0.3, 0.4) is 0 Å². The minimum absolute atomic E-state index is 0.0375. The molecule has 0 aliphatic heterocycles. The molecule has 0 fully saturated rings. The number of nitrogens with two attached hydrogens (primary N) is 1. The summed E-state index contributed by atoms with van der Waals surface area (Å²) in [5, 5.41) is 9.00. The number of rotatable bonds is 11. The highest BCUT2D eigenvalue weighted by Gasteiger charge is 2.23. The first kappa shape index (κ1) is 21.3. The molecule has 5 heteroatoms. The van der Waals surface area contributed by atoms with Gasteiger partial charge in [-0.1, -0.05) is 18.2 Å².